The van der Waals surface area contributed by atoms with Gasteiger partial charge >= 0.3 is 5.97 Å². The van der Waals surface area contributed by atoms with Gasteiger partial charge in [-0.05, 0) is 44.9 Å². The number of aliphatic carboxylic acids is 1. The predicted molar refractivity (Wildman–Crippen MR) is 66.7 cm³/mol. The fraction of sp³-hybridized carbons (Fsp3) is 0.538. The minimum absolute atomic E-state index is 0.240. The molecule has 1 rings (SSSR count). The molecule has 0 aliphatic rings. The summed E-state index contributed by atoms with van der Waals surface area (Å²) in [6.45, 7) is 7.70. The van der Waals surface area contributed by atoms with Gasteiger partial charge in [-0.15, -0.1) is 0 Å². The summed E-state index contributed by atoms with van der Waals surface area (Å²) in [6.07, 6.45) is 4.06. The van der Waals surface area contributed by atoms with E-state index in [0.717, 1.165) is 6.42 Å². The maximum Gasteiger partial charge on any atom is 0.328 e. The summed E-state index contributed by atoms with van der Waals surface area (Å²) in [6, 6.07) is 3.46. The summed E-state index contributed by atoms with van der Waals surface area (Å²) in [5, 5.41) is 12.7. The lowest BCUT2D eigenvalue weighted by atomic mass is 9.88. The van der Waals surface area contributed by atoms with Crippen LogP contribution >= 0.6 is 0 Å². The summed E-state index contributed by atoms with van der Waals surface area (Å²) >= 11 is 0. The maximum atomic E-state index is 11.5. The van der Waals surface area contributed by atoms with E-state index in [4.69, 9.17) is 0 Å². The molecule has 94 valence electrons. The molecule has 1 aromatic rings. The standard InChI is InChI=1S/C13H20N2O2/c1-5-12(2,3)15-13(4,11(16)17)10-6-8-14-9-7-10/h6-9,15H,5H2,1-4H3,(H,16,17). The zero-order valence-corrected chi connectivity index (χ0v) is 10.8. The third kappa shape index (κ3) is 3.03. The van der Waals surface area contributed by atoms with E-state index in [0.29, 0.717) is 5.56 Å². The van der Waals surface area contributed by atoms with E-state index < -0.39 is 11.5 Å². The molecule has 0 aliphatic heterocycles. The number of nitrogens with zero attached hydrogens (tertiary/aromatic N) is 1. The fourth-order valence-corrected chi connectivity index (χ4v) is 1.70. The fourth-order valence-electron chi connectivity index (χ4n) is 1.70. The molecular formula is C13H20N2O2. The van der Waals surface area contributed by atoms with Crippen LogP contribution in [0.2, 0.25) is 0 Å². The van der Waals surface area contributed by atoms with Crippen molar-refractivity contribution >= 4 is 5.97 Å². The van der Waals surface area contributed by atoms with Crippen molar-refractivity contribution in [1.82, 2.24) is 10.3 Å². The average molecular weight is 236 g/mol. The van der Waals surface area contributed by atoms with Gasteiger partial charge < -0.3 is 5.11 Å². The number of pyridine rings is 1. The van der Waals surface area contributed by atoms with Crippen LogP contribution in [0, 0.1) is 0 Å². The van der Waals surface area contributed by atoms with Crippen molar-refractivity contribution in [2.24, 2.45) is 0 Å². The molecule has 1 aromatic heterocycles. The molecule has 0 aromatic carbocycles. The summed E-state index contributed by atoms with van der Waals surface area (Å²) in [4.78, 5) is 15.4. The Kier molecular flexibility index (Phi) is 3.88. The van der Waals surface area contributed by atoms with Crippen molar-refractivity contribution in [2.75, 3.05) is 0 Å². The first-order valence-electron chi connectivity index (χ1n) is 5.75. The molecule has 1 unspecified atom stereocenters. The third-order valence-electron chi connectivity index (χ3n) is 3.16. The summed E-state index contributed by atoms with van der Waals surface area (Å²) in [5.74, 6) is -0.884. The highest BCUT2D eigenvalue weighted by atomic mass is 16.4. The van der Waals surface area contributed by atoms with Crippen LogP contribution in [-0.2, 0) is 10.3 Å². The molecule has 0 radical (unpaired) electrons. The highest BCUT2D eigenvalue weighted by molar-refractivity contribution is 5.80. The highest BCUT2D eigenvalue weighted by Gasteiger charge is 2.38. The number of nitrogens with one attached hydrogen (secondary N) is 1. The van der Waals surface area contributed by atoms with Crippen LogP contribution in [-0.4, -0.2) is 21.6 Å². The van der Waals surface area contributed by atoms with E-state index in [1.54, 1.807) is 31.5 Å². The van der Waals surface area contributed by atoms with Gasteiger partial charge in [0.2, 0.25) is 0 Å². The minimum Gasteiger partial charge on any atom is -0.480 e. The first kappa shape index (κ1) is 13.6. The number of hydrogen-bond donors (Lipinski definition) is 2. The molecule has 1 heterocycles. The Labute approximate surface area is 102 Å². The molecule has 17 heavy (non-hydrogen) atoms. The predicted octanol–water partition coefficient (Wildman–Crippen LogP) is 2.16. The lowest BCUT2D eigenvalue weighted by molar-refractivity contribution is -0.145. The number of carboxylic acid groups (broad SMARTS) is 1. The van der Waals surface area contributed by atoms with Crippen LogP contribution in [0.3, 0.4) is 0 Å². The van der Waals surface area contributed by atoms with Crippen molar-refractivity contribution in [2.45, 2.75) is 45.2 Å². The van der Waals surface area contributed by atoms with Gasteiger partial charge in [-0.1, -0.05) is 6.92 Å². The maximum absolute atomic E-state index is 11.5. The van der Waals surface area contributed by atoms with Crippen molar-refractivity contribution in [1.29, 1.82) is 0 Å². The quantitative estimate of drug-likeness (QED) is 0.822. The van der Waals surface area contributed by atoms with Crippen LogP contribution in [0.1, 0.15) is 39.7 Å². The van der Waals surface area contributed by atoms with Crippen molar-refractivity contribution < 1.29 is 9.90 Å². The molecule has 0 saturated carbocycles. The van der Waals surface area contributed by atoms with Crippen molar-refractivity contribution in [3.05, 3.63) is 30.1 Å². The van der Waals surface area contributed by atoms with E-state index in [9.17, 15) is 9.90 Å². The van der Waals surface area contributed by atoms with E-state index in [2.05, 4.69) is 10.3 Å². The lowest BCUT2D eigenvalue weighted by Crippen LogP contribution is -2.55. The Hall–Kier alpha value is -1.42. The normalized spacial score (nSPS) is 15.3. The Morgan fingerprint density at radius 2 is 1.88 bits per heavy atom. The monoisotopic (exact) mass is 236 g/mol. The van der Waals surface area contributed by atoms with Gasteiger partial charge in [-0.2, -0.15) is 0 Å². The van der Waals surface area contributed by atoms with Gasteiger partial charge in [0.25, 0.3) is 0 Å². The first-order chi connectivity index (χ1) is 7.82. The van der Waals surface area contributed by atoms with E-state index in [1.807, 2.05) is 20.8 Å². The smallest absolute Gasteiger partial charge is 0.328 e. The molecule has 0 bridgehead atoms. The molecular weight excluding hydrogens is 216 g/mol. The topological polar surface area (TPSA) is 62.2 Å². The number of aromatic nitrogens is 1. The zero-order valence-electron chi connectivity index (χ0n) is 10.8. The molecule has 0 aliphatic carbocycles. The molecule has 2 N–H and O–H groups in total. The second kappa shape index (κ2) is 4.84. The van der Waals surface area contributed by atoms with Gasteiger partial charge in [-0.25, -0.2) is 4.79 Å². The summed E-state index contributed by atoms with van der Waals surface area (Å²) < 4.78 is 0. The van der Waals surface area contributed by atoms with Gasteiger partial charge in [0.15, 0.2) is 0 Å². The lowest BCUT2D eigenvalue weighted by Gasteiger charge is -2.36. The molecule has 4 heteroatoms. The summed E-state index contributed by atoms with van der Waals surface area (Å²) in [7, 11) is 0. The van der Waals surface area contributed by atoms with Crippen LogP contribution in [0.25, 0.3) is 0 Å². The largest absolute Gasteiger partial charge is 0.480 e. The Bertz CT molecular complexity index is 390. The Morgan fingerprint density at radius 3 is 2.29 bits per heavy atom. The number of carboxylic acids is 1. The minimum atomic E-state index is -1.09. The second-order valence-electron chi connectivity index (χ2n) is 5.03. The Morgan fingerprint density at radius 1 is 1.35 bits per heavy atom. The second-order valence-corrected chi connectivity index (χ2v) is 5.03. The van der Waals surface area contributed by atoms with E-state index in [-0.39, 0.29) is 5.54 Å². The molecule has 0 saturated heterocycles. The number of rotatable bonds is 5. The molecule has 0 spiro atoms. The van der Waals surface area contributed by atoms with Gasteiger partial charge in [0.1, 0.15) is 5.54 Å². The molecule has 4 nitrogen and oxygen atoms in total. The third-order valence-corrected chi connectivity index (χ3v) is 3.16. The van der Waals surface area contributed by atoms with Crippen molar-refractivity contribution in [3.63, 3.8) is 0 Å². The summed E-state index contributed by atoms with van der Waals surface area (Å²) in [5.41, 5.74) is -0.625. The molecule has 0 amide bonds. The van der Waals surface area contributed by atoms with E-state index in [1.165, 1.54) is 0 Å². The van der Waals surface area contributed by atoms with Crippen LogP contribution < -0.4 is 5.32 Å². The van der Waals surface area contributed by atoms with Gasteiger partial charge in [0, 0.05) is 17.9 Å². The van der Waals surface area contributed by atoms with Crippen molar-refractivity contribution in [3.8, 4) is 0 Å². The molecule has 1 atom stereocenters. The van der Waals surface area contributed by atoms with Crippen LogP contribution in [0.4, 0.5) is 0 Å². The van der Waals surface area contributed by atoms with Gasteiger partial charge in [0.05, 0.1) is 0 Å². The number of carbonyl (C=O) groups is 1. The zero-order chi connectivity index (χ0) is 13.1. The molecule has 0 fully saturated rings. The van der Waals surface area contributed by atoms with Gasteiger partial charge in [-0.3, -0.25) is 10.3 Å². The highest BCUT2D eigenvalue weighted by Crippen LogP contribution is 2.25. The van der Waals surface area contributed by atoms with E-state index >= 15 is 0 Å². The first-order valence-corrected chi connectivity index (χ1v) is 5.75. The number of hydrogen-bond acceptors (Lipinski definition) is 3. The van der Waals surface area contributed by atoms with Crippen LogP contribution in [0.15, 0.2) is 24.5 Å². The Balaban J connectivity index is 3.12. The average Bonchev–Trinajstić information content (AvgIpc) is 2.29. The SMILES string of the molecule is CCC(C)(C)NC(C)(C(=O)O)c1ccncc1. The van der Waals surface area contributed by atoms with Crippen LogP contribution in [0.5, 0.6) is 0 Å².